The van der Waals surface area contributed by atoms with Gasteiger partial charge in [0.05, 0.1) is 0 Å². The van der Waals surface area contributed by atoms with E-state index < -0.39 is 18.6 Å². The Labute approximate surface area is 157 Å². The molecule has 0 aromatic carbocycles. The van der Waals surface area contributed by atoms with Crippen LogP contribution in [0.3, 0.4) is 0 Å². The Morgan fingerprint density at radius 1 is 0.960 bits per heavy atom. The Morgan fingerprint density at radius 3 is 2.12 bits per heavy atom. The zero-order chi connectivity index (χ0) is 18.6. The van der Waals surface area contributed by atoms with E-state index in [2.05, 4.69) is 6.92 Å². The minimum atomic E-state index is -2.70. The summed E-state index contributed by atoms with van der Waals surface area (Å²) in [7, 11) is 0.750. The first kappa shape index (κ1) is 20.4. The van der Waals surface area contributed by atoms with E-state index in [1.165, 1.54) is 50.7 Å². The molecular weight excluding hydrogens is 356 g/mol. The van der Waals surface area contributed by atoms with Crippen molar-refractivity contribution in [2.24, 2.45) is 5.92 Å². The molecule has 5 nitrogen and oxygen atoms in total. The molecule has 6 heteroatoms. The minimum absolute atomic E-state index is 0.173. The maximum absolute atomic E-state index is 11.5. The Morgan fingerprint density at radius 2 is 1.52 bits per heavy atom. The van der Waals surface area contributed by atoms with E-state index in [-0.39, 0.29) is 16.2 Å². The molecule has 0 saturated carbocycles. The van der Waals surface area contributed by atoms with Crippen molar-refractivity contribution < 1.29 is 40.0 Å². The maximum Gasteiger partial charge on any atom is -0.153 e. The summed E-state index contributed by atoms with van der Waals surface area (Å²) in [6, 6.07) is 0. The van der Waals surface area contributed by atoms with E-state index in [1.807, 2.05) is 0 Å². The van der Waals surface area contributed by atoms with Crippen molar-refractivity contribution in [1.82, 2.24) is 0 Å². The fraction of sp³-hybridized carbons (Fsp3) is 0.684. The van der Waals surface area contributed by atoms with Crippen molar-refractivity contribution in [3.8, 4) is 0 Å². The van der Waals surface area contributed by atoms with Crippen molar-refractivity contribution in [2.75, 3.05) is 7.11 Å². The van der Waals surface area contributed by atoms with Gasteiger partial charge in [-0.15, -0.1) is 0 Å². The molecule has 2 atom stereocenters. The van der Waals surface area contributed by atoms with Gasteiger partial charge in [-0.25, -0.2) is 0 Å². The summed E-state index contributed by atoms with van der Waals surface area (Å²) in [4.78, 5) is 23.0. The zero-order valence-corrected chi connectivity index (χ0v) is 17.2. The molecule has 3 rings (SSSR count). The SMILES string of the molecule is CC(=O)[O][Ti+]([O]C(C)=O)[CH]1CCCC2=C1C(C)C1=C2CCCC1.C[O-]. The molecule has 3 aliphatic carbocycles. The maximum atomic E-state index is 11.5. The van der Waals surface area contributed by atoms with Crippen LogP contribution < -0.4 is 5.11 Å². The van der Waals surface area contributed by atoms with Crippen LogP contribution in [0.2, 0.25) is 4.22 Å². The predicted octanol–water partition coefficient (Wildman–Crippen LogP) is 3.33. The summed E-state index contributed by atoms with van der Waals surface area (Å²) in [6.45, 7) is 5.12. The summed E-state index contributed by atoms with van der Waals surface area (Å²) in [5.41, 5.74) is 6.16. The second kappa shape index (κ2) is 9.15. The number of hydrogen-bond donors (Lipinski definition) is 0. The minimum Gasteiger partial charge on any atom is -0.857 e. The summed E-state index contributed by atoms with van der Waals surface area (Å²) in [5, 5.41) is 8.25. The van der Waals surface area contributed by atoms with Gasteiger partial charge < -0.3 is 5.11 Å². The van der Waals surface area contributed by atoms with Gasteiger partial charge in [0, 0.05) is 0 Å². The Kier molecular flexibility index (Phi) is 7.47. The third kappa shape index (κ3) is 4.44. The molecule has 0 fully saturated rings. The number of carbonyl (C=O) groups is 2. The van der Waals surface area contributed by atoms with Gasteiger partial charge in [-0.1, -0.05) is 0 Å². The number of fused-ring (bicyclic) bond motifs is 1. The van der Waals surface area contributed by atoms with Gasteiger partial charge in [0.15, 0.2) is 0 Å². The number of carbonyl (C=O) groups excluding carboxylic acids is 2. The topological polar surface area (TPSA) is 75.7 Å². The molecule has 0 aliphatic heterocycles. The van der Waals surface area contributed by atoms with Crippen LogP contribution in [0.15, 0.2) is 22.3 Å². The molecule has 0 spiro atoms. The molecule has 0 bridgehead atoms. The van der Waals surface area contributed by atoms with Gasteiger partial charge >= 0.3 is 145 Å². The quantitative estimate of drug-likeness (QED) is 0.698. The van der Waals surface area contributed by atoms with Gasteiger partial charge in [-0.2, -0.15) is 7.11 Å². The van der Waals surface area contributed by atoms with Crippen LogP contribution in [0.1, 0.15) is 65.7 Å². The van der Waals surface area contributed by atoms with Crippen LogP contribution in [-0.2, 0) is 34.9 Å². The van der Waals surface area contributed by atoms with Crippen molar-refractivity contribution in [1.29, 1.82) is 0 Å². The van der Waals surface area contributed by atoms with E-state index in [9.17, 15) is 9.59 Å². The first-order valence-corrected chi connectivity index (χ1v) is 11.3. The Bertz CT molecular complexity index is 577. The first-order chi connectivity index (χ1) is 12.0. The van der Waals surface area contributed by atoms with Crippen molar-refractivity contribution in [2.45, 2.75) is 69.9 Å². The summed E-state index contributed by atoms with van der Waals surface area (Å²) in [6.07, 6.45) is 8.19. The van der Waals surface area contributed by atoms with Gasteiger partial charge in [0.25, 0.3) is 0 Å². The predicted molar refractivity (Wildman–Crippen MR) is 88.7 cm³/mol. The molecule has 0 heterocycles. The molecule has 0 aromatic rings. The molecule has 138 valence electrons. The second-order valence-electron chi connectivity index (χ2n) is 6.82. The Hall–Kier alpha value is -0.906. The largest absolute Gasteiger partial charge is 0.857 e. The van der Waals surface area contributed by atoms with Crippen molar-refractivity contribution >= 4 is 11.9 Å². The van der Waals surface area contributed by atoms with Gasteiger partial charge in [0.2, 0.25) is 0 Å². The van der Waals surface area contributed by atoms with Crippen LogP contribution in [0.5, 0.6) is 0 Å². The summed E-state index contributed by atoms with van der Waals surface area (Å²) >= 11 is -2.70. The van der Waals surface area contributed by atoms with Gasteiger partial charge in [-0.05, 0) is 0 Å². The third-order valence-electron chi connectivity index (χ3n) is 5.28. The normalized spacial score (nSPS) is 24.7. The summed E-state index contributed by atoms with van der Waals surface area (Å²) < 4.78 is 11.3. The third-order valence-corrected chi connectivity index (χ3v) is 8.63. The van der Waals surface area contributed by atoms with Gasteiger partial charge in [0.1, 0.15) is 0 Å². The molecular formula is C19H28O5Ti. The van der Waals surface area contributed by atoms with Crippen LogP contribution in [0.4, 0.5) is 0 Å². The fourth-order valence-corrected chi connectivity index (χ4v) is 7.65. The smallest absolute Gasteiger partial charge is 0.153 e. The zero-order valence-electron chi connectivity index (χ0n) is 15.6. The monoisotopic (exact) mass is 384 g/mol. The molecule has 0 N–H and O–H groups in total. The van der Waals surface area contributed by atoms with E-state index in [0.29, 0.717) is 5.92 Å². The molecule has 3 aliphatic rings. The molecule has 2 unspecified atom stereocenters. The number of rotatable bonds is 3. The van der Waals surface area contributed by atoms with Crippen LogP contribution in [-0.4, -0.2) is 19.0 Å². The van der Waals surface area contributed by atoms with E-state index in [0.717, 1.165) is 26.4 Å². The molecule has 0 saturated heterocycles. The number of allylic oxidation sites excluding steroid dienone is 4. The van der Waals surface area contributed by atoms with Crippen LogP contribution >= 0.6 is 0 Å². The average molecular weight is 384 g/mol. The molecule has 0 amide bonds. The molecule has 0 radical (unpaired) electrons. The van der Waals surface area contributed by atoms with Gasteiger partial charge in [-0.3, -0.25) is 0 Å². The van der Waals surface area contributed by atoms with E-state index >= 15 is 0 Å². The second-order valence-corrected chi connectivity index (χ2v) is 9.54. The van der Waals surface area contributed by atoms with E-state index in [4.69, 9.17) is 11.7 Å². The molecule has 25 heavy (non-hydrogen) atoms. The Balaban J connectivity index is 0.00000109. The summed E-state index contributed by atoms with van der Waals surface area (Å²) in [5.74, 6) is -0.200. The fourth-order valence-electron chi connectivity index (χ4n) is 4.51. The van der Waals surface area contributed by atoms with E-state index in [1.54, 1.807) is 11.1 Å². The van der Waals surface area contributed by atoms with Crippen LogP contribution in [0, 0.1) is 5.92 Å². The average Bonchev–Trinajstić information content (AvgIpc) is 2.89. The van der Waals surface area contributed by atoms with Crippen LogP contribution in [0.25, 0.3) is 0 Å². The number of hydrogen-bond acceptors (Lipinski definition) is 5. The van der Waals surface area contributed by atoms with Crippen molar-refractivity contribution in [3.63, 3.8) is 0 Å². The first-order valence-electron chi connectivity index (χ1n) is 9.08. The molecule has 0 aromatic heterocycles. The van der Waals surface area contributed by atoms with Crippen molar-refractivity contribution in [3.05, 3.63) is 22.3 Å². The standard InChI is InChI=1S/C14H19.2C2H4O2.CH3O.Ti/c1-10-11-6-2-4-8-13(11)14-9-5-3-7-12(10)14;2*1-2(3)4;1-2;/h6,10H,2-5,7-9H2,1H3;2*1H3,(H,3,4);1H3;/q;;;-1;+3/p-2.